The number of carbonyl (C=O) groups is 1. The highest BCUT2D eigenvalue weighted by molar-refractivity contribution is 7.16. The Morgan fingerprint density at radius 3 is 2.93 bits per heavy atom. The van der Waals surface area contributed by atoms with Crippen molar-refractivity contribution in [2.75, 3.05) is 0 Å². The van der Waals surface area contributed by atoms with E-state index < -0.39 is 11.8 Å². The average molecular weight is 449 g/mol. The van der Waals surface area contributed by atoms with Crippen molar-refractivity contribution in [3.63, 3.8) is 0 Å². The molecule has 4 aromatic rings. The molecule has 0 aliphatic heterocycles. The third-order valence-corrected chi connectivity index (χ3v) is 5.63. The van der Waals surface area contributed by atoms with E-state index in [0.29, 0.717) is 11.4 Å². The molecule has 30 heavy (non-hydrogen) atoms. The van der Waals surface area contributed by atoms with Gasteiger partial charge in [-0.2, -0.15) is 9.61 Å². The zero-order valence-electron chi connectivity index (χ0n) is 15.8. The van der Waals surface area contributed by atoms with Crippen LogP contribution in [0, 0.1) is 12.7 Å². The summed E-state index contributed by atoms with van der Waals surface area (Å²) in [5.74, 6) is -1.31. The van der Waals surface area contributed by atoms with Crippen LogP contribution in [0.15, 0.2) is 33.6 Å². The number of nitrogens with zero attached hydrogens (tertiary/aromatic N) is 4. The number of fused-ring (bicyclic) bond motifs is 1. The molecular formula is C19H14ClFN4O4S. The molecule has 0 radical (unpaired) electrons. The standard InChI is InChI=1S/C19H14ClFN4O4S/c1-3-13-23-25-14(26)7-10(22-19(25)30-13)8-28-18(27)15-9(2)29-24-17(15)16-11(20)5-4-6-12(16)21/h4-7H,3,8H2,1-2H3. The van der Waals surface area contributed by atoms with Crippen molar-refractivity contribution < 1.29 is 18.4 Å². The van der Waals surface area contributed by atoms with Crippen molar-refractivity contribution >= 4 is 33.9 Å². The largest absolute Gasteiger partial charge is 0.455 e. The van der Waals surface area contributed by atoms with Gasteiger partial charge in [-0.15, -0.1) is 0 Å². The third kappa shape index (κ3) is 3.59. The second kappa shape index (κ2) is 7.96. The summed E-state index contributed by atoms with van der Waals surface area (Å²) < 4.78 is 25.9. The molecule has 0 bridgehead atoms. The fourth-order valence-electron chi connectivity index (χ4n) is 2.83. The molecule has 0 saturated heterocycles. The number of ether oxygens (including phenoxy) is 1. The molecule has 0 amide bonds. The van der Waals surface area contributed by atoms with E-state index >= 15 is 0 Å². The van der Waals surface area contributed by atoms with Gasteiger partial charge in [-0.05, 0) is 25.5 Å². The van der Waals surface area contributed by atoms with Crippen LogP contribution in [0.1, 0.15) is 33.7 Å². The lowest BCUT2D eigenvalue weighted by Crippen LogP contribution is -2.17. The van der Waals surface area contributed by atoms with E-state index in [4.69, 9.17) is 20.9 Å². The van der Waals surface area contributed by atoms with Gasteiger partial charge in [0.15, 0.2) is 0 Å². The van der Waals surface area contributed by atoms with Gasteiger partial charge in [0.25, 0.3) is 5.56 Å². The van der Waals surface area contributed by atoms with E-state index in [-0.39, 0.29) is 45.5 Å². The van der Waals surface area contributed by atoms with Crippen LogP contribution in [0.4, 0.5) is 4.39 Å². The number of benzene rings is 1. The maximum atomic E-state index is 14.3. The van der Waals surface area contributed by atoms with Crippen LogP contribution in [0.25, 0.3) is 16.2 Å². The molecule has 0 atom stereocenters. The summed E-state index contributed by atoms with van der Waals surface area (Å²) in [5.41, 5.74) is -0.274. The number of aryl methyl sites for hydroxylation is 2. The normalized spacial score (nSPS) is 11.2. The minimum atomic E-state index is -0.802. The van der Waals surface area contributed by atoms with Crippen LogP contribution >= 0.6 is 22.9 Å². The monoisotopic (exact) mass is 448 g/mol. The van der Waals surface area contributed by atoms with Crippen LogP contribution in [0.5, 0.6) is 0 Å². The van der Waals surface area contributed by atoms with Gasteiger partial charge in [-0.25, -0.2) is 14.2 Å². The topological polar surface area (TPSA) is 99.6 Å². The number of rotatable bonds is 5. The quantitative estimate of drug-likeness (QED) is 0.428. The maximum absolute atomic E-state index is 14.3. The average Bonchev–Trinajstić information content (AvgIpc) is 3.30. The molecule has 1 aromatic carbocycles. The summed E-state index contributed by atoms with van der Waals surface area (Å²) in [4.78, 5) is 29.6. The minimum Gasteiger partial charge on any atom is -0.455 e. The van der Waals surface area contributed by atoms with Crippen molar-refractivity contribution in [2.45, 2.75) is 26.9 Å². The van der Waals surface area contributed by atoms with E-state index in [1.807, 2.05) is 6.92 Å². The summed E-state index contributed by atoms with van der Waals surface area (Å²) in [6.45, 7) is 3.16. The van der Waals surface area contributed by atoms with E-state index in [1.165, 1.54) is 47.0 Å². The van der Waals surface area contributed by atoms with E-state index in [9.17, 15) is 14.0 Å². The zero-order chi connectivity index (χ0) is 21.4. The highest BCUT2D eigenvalue weighted by atomic mass is 35.5. The Morgan fingerprint density at radius 1 is 1.40 bits per heavy atom. The molecule has 0 aliphatic carbocycles. The third-order valence-electron chi connectivity index (χ3n) is 4.26. The molecule has 4 rings (SSSR count). The number of halogens is 2. The molecule has 0 unspecified atom stereocenters. The molecule has 0 N–H and O–H groups in total. The van der Waals surface area contributed by atoms with Crippen LogP contribution in [-0.4, -0.2) is 25.7 Å². The van der Waals surface area contributed by atoms with Crippen LogP contribution in [0.2, 0.25) is 5.02 Å². The fraction of sp³-hybridized carbons (Fsp3) is 0.211. The van der Waals surface area contributed by atoms with Gasteiger partial charge < -0.3 is 9.26 Å². The molecule has 0 aliphatic rings. The molecule has 8 nitrogen and oxygen atoms in total. The van der Waals surface area contributed by atoms with Gasteiger partial charge in [-0.3, -0.25) is 4.79 Å². The van der Waals surface area contributed by atoms with Gasteiger partial charge >= 0.3 is 5.97 Å². The van der Waals surface area contributed by atoms with Crippen molar-refractivity contribution in [2.24, 2.45) is 0 Å². The first kappa shape index (κ1) is 20.2. The van der Waals surface area contributed by atoms with Gasteiger partial charge in [0.05, 0.1) is 16.3 Å². The Balaban J connectivity index is 1.62. The highest BCUT2D eigenvalue weighted by Gasteiger charge is 2.26. The number of hydrogen-bond donors (Lipinski definition) is 0. The fourth-order valence-corrected chi connectivity index (χ4v) is 3.94. The molecule has 0 fully saturated rings. The highest BCUT2D eigenvalue weighted by Crippen LogP contribution is 2.33. The van der Waals surface area contributed by atoms with Crippen LogP contribution in [-0.2, 0) is 17.8 Å². The van der Waals surface area contributed by atoms with Crippen molar-refractivity contribution in [1.29, 1.82) is 0 Å². The van der Waals surface area contributed by atoms with Gasteiger partial charge in [0.2, 0.25) is 4.96 Å². The summed E-state index contributed by atoms with van der Waals surface area (Å²) in [7, 11) is 0. The van der Waals surface area contributed by atoms with Crippen LogP contribution < -0.4 is 5.56 Å². The SMILES string of the molecule is CCc1nn2c(=O)cc(COC(=O)c3c(-c4c(F)cccc4Cl)noc3C)nc2s1. The second-order valence-electron chi connectivity index (χ2n) is 6.26. The summed E-state index contributed by atoms with van der Waals surface area (Å²) in [6, 6.07) is 5.36. The minimum absolute atomic E-state index is 0.0501. The molecule has 3 aromatic heterocycles. The molecule has 3 heterocycles. The molecular weight excluding hydrogens is 435 g/mol. The summed E-state index contributed by atoms with van der Waals surface area (Å²) in [6.07, 6.45) is 0.673. The number of hydrogen-bond acceptors (Lipinski definition) is 8. The Hall–Kier alpha value is -3.11. The Bertz CT molecular complexity index is 1310. The Morgan fingerprint density at radius 2 is 2.20 bits per heavy atom. The first-order valence-electron chi connectivity index (χ1n) is 8.85. The molecule has 0 saturated carbocycles. The van der Waals surface area contributed by atoms with Crippen molar-refractivity contribution in [3.05, 3.63) is 67.5 Å². The van der Waals surface area contributed by atoms with Gasteiger partial charge in [0, 0.05) is 6.07 Å². The number of carbonyl (C=O) groups excluding carboxylic acids is 1. The van der Waals surface area contributed by atoms with Crippen molar-refractivity contribution in [1.82, 2.24) is 19.8 Å². The second-order valence-corrected chi connectivity index (χ2v) is 7.71. The van der Waals surface area contributed by atoms with Gasteiger partial charge in [-0.1, -0.05) is 41.1 Å². The summed E-state index contributed by atoms with van der Waals surface area (Å²) in [5, 5.41) is 8.78. The van der Waals surface area contributed by atoms with Crippen molar-refractivity contribution in [3.8, 4) is 11.3 Å². The maximum Gasteiger partial charge on any atom is 0.344 e. The first-order valence-corrected chi connectivity index (χ1v) is 10.0. The summed E-state index contributed by atoms with van der Waals surface area (Å²) >= 11 is 7.37. The Kier molecular flexibility index (Phi) is 5.35. The lowest BCUT2D eigenvalue weighted by molar-refractivity contribution is 0.0466. The van der Waals surface area contributed by atoms with Gasteiger partial charge in [0.1, 0.15) is 34.4 Å². The Labute approximate surface area is 177 Å². The molecule has 154 valence electrons. The van der Waals surface area contributed by atoms with E-state index in [2.05, 4.69) is 15.2 Å². The lowest BCUT2D eigenvalue weighted by atomic mass is 10.1. The predicted octanol–water partition coefficient (Wildman–Crippen LogP) is 3.83. The molecule has 11 heteroatoms. The number of aromatic nitrogens is 4. The van der Waals surface area contributed by atoms with E-state index in [1.54, 1.807) is 0 Å². The molecule has 0 spiro atoms. The predicted molar refractivity (Wildman–Crippen MR) is 107 cm³/mol. The lowest BCUT2D eigenvalue weighted by Gasteiger charge is -2.07. The smallest absolute Gasteiger partial charge is 0.344 e. The van der Waals surface area contributed by atoms with E-state index in [0.717, 1.165) is 5.01 Å². The number of esters is 1. The van der Waals surface area contributed by atoms with Crippen LogP contribution in [0.3, 0.4) is 0 Å². The first-order chi connectivity index (χ1) is 14.4. The zero-order valence-corrected chi connectivity index (χ0v) is 17.4.